The predicted octanol–water partition coefficient (Wildman–Crippen LogP) is 3.35. The van der Waals surface area contributed by atoms with Crippen LogP contribution >= 0.6 is 11.8 Å². The molecule has 0 radical (unpaired) electrons. The van der Waals surface area contributed by atoms with Gasteiger partial charge in [-0.2, -0.15) is 0 Å². The molecule has 0 fully saturated rings. The Morgan fingerprint density at radius 1 is 1.17 bits per heavy atom. The molecule has 1 aromatic heterocycles. The summed E-state index contributed by atoms with van der Waals surface area (Å²) in [6.45, 7) is 4.78. The first-order chi connectivity index (χ1) is 14.1. The van der Waals surface area contributed by atoms with Gasteiger partial charge in [-0.3, -0.25) is 9.59 Å². The third kappa shape index (κ3) is 3.88. The van der Waals surface area contributed by atoms with Crippen LogP contribution in [-0.4, -0.2) is 38.9 Å². The highest BCUT2D eigenvalue weighted by Crippen LogP contribution is 2.30. The number of amides is 2. The molecule has 1 aliphatic heterocycles. The van der Waals surface area contributed by atoms with E-state index in [-0.39, 0.29) is 24.1 Å². The van der Waals surface area contributed by atoms with Crippen molar-refractivity contribution in [2.45, 2.75) is 25.5 Å². The fourth-order valence-electron chi connectivity index (χ4n) is 3.34. The van der Waals surface area contributed by atoms with Crippen LogP contribution in [0.5, 0.6) is 0 Å². The Morgan fingerprint density at radius 2 is 2.00 bits per heavy atom. The molecule has 7 nitrogen and oxygen atoms in total. The Balaban J connectivity index is 1.53. The minimum absolute atomic E-state index is 0.0193. The van der Waals surface area contributed by atoms with Gasteiger partial charge in [0, 0.05) is 12.1 Å². The summed E-state index contributed by atoms with van der Waals surface area (Å²) in [5, 5.41) is 12.1. The average molecular weight is 407 g/mol. The van der Waals surface area contributed by atoms with Crippen LogP contribution in [0.3, 0.4) is 0 Å². The number of anilines is 2. The van der Waals surface area contributed by atoms with Gasteiger partial charge in [-0.15, -0.1) is 10.2 Å². The number of rotatable bonds is 5. The second-order valence-corrected chi connectivity index (χ2v) is 7.70. The van der Waals surface area contributed by atoms with Crippen LogP contribution in [0.25, 0.3) is 11.4 Å². The first-order valence-electron chi connectivity index (χ1n) is 9.39. The molecule has 8 heteroatoms. The summed E-state index contributed by atoms with van der Waals surface area (Å²) in [5.74, 6) is 0.627. The molecule has 1 N–H and O–H groups in total. The van der Waals surface area contributed by atoms with Gasteiger partial charge < -0.3 is 14.8 Å². The van der Waals surface area contributed by atoms with Gasteiger partial charge in [-0.05, 0) is 32.0 Å². The van der Waals surface area contributed by atoms with Gasteiger partial charge in [0.2, 0.25) is 11.8 Å². The molecule has 29 heavy (non-hydrogen) atoms. The second kappa shape index (κ2) is 8.08. The number of hydrogen-bond donors (Lipinski definition) is 1. The second-order valence-electron chi connectivity index (χ2n) is 6.75. The fourth-order valence-corrected chi connectivity index (χ4v) is 4.22. The lowest BCUT2D eigenvalue weighted by atomic mass is 10.1. The van der Waals surface area contributed by atoms with E-state index in [0.717, 1.165) is 22.6 Å². The molecule has 0 aliphatic carbocycles. The van der Waals surface area contributed by atoms with Crippen molar-refractivity contribution in [2.24, 2.45) is 0 Å². The molecule has 0 spiro atoms. The molecule has 0 atom stereocenters. The van der Waals surface area contributed by atoms with E-state index in [4.69, 9.17) is 0 Å². The lowest BCUT2D eigenvalue weighted by Gasteiger charge is -2.29. The summed E-state index contributed by atoms with van der Waals surface area (Å²) in [7, 11) is 0. The van der Waals surface area contributed by atoms with E-state index in [1.807, 2.05) is 54.8 Å². The number of benzene rings is 2. The average Bonchev–Trinajstić information content (AvgIpc) is 3.14. The van der Waals surface area contributed by atoms with Crippen molar-refractivity contribution in [1.29, 1.82) is 0 Å². The summed E-state index contributed by atoms with van der Waals surface area (Å²) >= 11 is 1.34. The molecule has 4 rings (SSSR count). The summed E-state index contributed by atoms with van der Waals surface area (Å²) in [4.78, 5) is 26.4. The number of aryl methyl sites for hydroxylation is 1. The maximum Gasteiger partial charge on any atom is 0.244 e. The number of fused-ring (bicyclic) bond motifs is 1. The Morgan fingerprint density at radius 3 is 2.79 bits per heavy atom. The van der Waals surface area contributed by atoms with Gasteiger partial charge in [-0.25, -0.2) is 0 Å². The number of nitrogens with zero attached hydrogens (tertiary/aromatic N) is 4. The standard InChI is InChI=1S/C21H21N5O2S/c1-3-25-20(15-8-6-7-14(2)11-15)23-24-21(25)29-13-19(28)26-12-18(27)22-16-9-4-5-10-17(16)26/h4-11H,3,12-13H2,1-2H3,(H,22,27). The van der Waals surface area contributed by atoms with Crippen LogP contribution in [0.15, 0.2) is 53.7 Å². The molecule has 1 aliphatic rings. The van der Waals surface area contributed by atoms with Gasteiger partial charge in [0.15, 0.2) is 11.0 Å². The summed E-state index contributed by atoms with van der Waals surface area (Å²) < 4.78 is 2.00. The van der Waals surface area contributed by atoms with Crippen molar-refractivity contribution >= 4 is 35.0 Å². The molecular weight excluding hydrogens is 386 g/mol. The number of para-hydroxylation sites is 2. The highest BCUT2D eigenvalue weighted by molar-refractivity contribution is 7.99. The van der Waals surface area contributed by atoms with E-state index in [2.05, 4.69) is 21.6 Å². The largest absolute Gasteiger partial charge is 0.323 e. The van der Waals surface area contributed by atoms with Crippen LogP contribution in [0, 0.1) is 6.92 Å². The number of thioether (sulfide) groups is 1. The topological polar surface area (TPSA) is 80.1 Å². The van der Waals surface area contributed by atoms with Crippen molar-refractivity contribution in [2.75, 3.05) is 22.5 Å². The van der Waals surface area contributed by atoms with E-state index in [1.54, 1.807) is 6.07 Å². The lowest BCUT2D eigenvalue weighted by Crippen LogP contribution is -2.43. The fraction of sp³-hybridized carbons (Fsp3) is 0.238. The van der Waals surface area contributed by atoms with Gasteiger partial charge in [0.25, 0.3) is 0 Å². The van der Waals surface area contributed by atoms with E-state index < -0.39 is 0 Å². The molecule has 0 saturated carbocycles. The SMILES string of the molecule is CCn1c(SCC(=O)N2CC(=O)Nc3ccccc32)nnc1-c1cccc(C)c1. The molecule has 0 unspecified atom stereocenters. The zero-order chi connectivity index (χ0) is 20.4. The van der Waals surface area contributed by atoms with Crippen molar-refractivity contribution < 1.29 is 9.59 Å². The maximum atomic E-state index is 12.9. The van der Waals surface area contributed by atoms with Gasteiger partial charge in [0.1, 0.15) is 6.54 Å². The Kier molecular flexibility index (Phi) is 5.35. The summed E-state index contributed by atoms with van der Waals surface area (Å²) in [6.07, 6.45) is 0. The Hall–Kier alpha value is -3.13. The zero-order valence-electron chi connectivity index (χ0n) is 16.3. The normalized spacial score (nSPS) is 13.2. The minimum atomic E-state index is -0.194. The molecule has 2 amide bonds. The van der Waals surface area contributed by atoms with Crippen molar-refractivity contribution in [3.63, 3.8) is 0 Å². The van der Waals surface area contributed by atoms with E-state index in [0.29, 0.717) is 17.4 Å². The summed E-state index contributed by atoms with van der Waals surface area (Å²) in [5.41, 5.74) is 3.52. The van der Waals surface area contributed by atoms with Crippen molar-refractivity contribution in [3.05, 3.63) is 54.1 Å². The van der Waals surface area contributed by atoms with Crippen LogP contribution in [-0.2, 0) is 16.1 Å². The monoisotopic (exact) mass is 407 g/mol. The van der Waals surface area contributed by atoms with E-state index >= 15 is 0 Å². The Bertz CT molecular complexity index is 1080. The summed E-state index contributed by atoms with van der Waals surface area (Å²) in [6, 6.07) is 15.4. The number of hydrogen-bond acceptors (Lipinski definition) is 5. The van der Waals surface area contributed by atoms with Gasteiger partial charge in [0.05, 0.1) is 17.1 Å². The van der Waals surface area contributed by atoms with Crippen LogP contribution < -0.4 is 10.2 Å². The van der Waals surface area contributed by atoms with Gasteiger partial charge in [-0.1, -0.05) is 47.7 Å². The predicted molar refractivity (Wildman–Crippen MR) is 114 cm³/mol. The first kappa shape index (κ1) is 19.2. The molecule has 2 aromatic carbocycles. The molecule has 2 heterocycles. The zero-order valence-corrected chi connectivity index (χ0v) is 17.1. The number of nitrogens with one attached hydrogen (secondary N) is 1. The van der Waals surface area contributed by atoms with E-state index in [9.17, 15) is 9.59 Å². The molecule has 0 saturated heterocycles. The van der Waals surface area contributed by atoms with Crippen LogP contribution in [0.1, 0.15) is 12.5 Å². The highest BCUT2D eigenvalue weighted by atomic mass is 32.2. The van der Waals surface area contributed by atoms with Crippen LogP contribution in [0.2, 0.25) is 0 Å². The van der Waals surface area contributed by atoms with Gasteiger partial charge >= 0.3 is 0 Å². The van der Waals surface area contributed by atoms with Crippen LogP contribution in [0.4, 0.5) is 11.4 Å². The molecule has 3 aromatic rings. The smallest absolute Gasteiger partial charge is 0.244 e. The molecular formula is C21H21N5O2S. The quantitative estimate of drug-likeness (QED) is 0.656. The van der Waals surface area contributed by atoms with Crippen molar-refractivity contribution in [1.82, 2.24) is 14.8 Å². The first-order valence-corrected chi connectivity index (χ1v) is 10.4. The third-order valence-electron chi connectivity index (χ3n) is 4.71. The maximum absolute atomic E-state index is 12.9. The number of carbonyl (C=O) groups is 2. The highest BCUT2D eigenvalue weighted by Gasteiger charge is 2.27. The number of aromatic nitrogens is 3. The number of carbonyl (C=O) groups excluding carboxylic acids is 2. The lowest BCUT2D eigenvalue weighted by molar-refractivity contribution is -0.120. The minimum Gasteiger partial charge on any atom is -0.323 e. The molecule has 148 valence electrons. The van der Waals surface area contributed by atoms with E-state index in [1.165, 1.54) is 16.7 Å². The molecule has 0 bridgehead atoms. The van der Waals surface area contributed by atoms with Crippen molar-refractivity contribution in [3.8, 4) is 11.4 Å². The third-order valence-corrected chi connectivity index (χ3v) is 5.66. The Labute approximate surface area is 173 Å².